The predicted molar refractivity (Wildman–Crippen MR) is 109 cm³/mol. The van der Waals surface area contributed by atoms with Crippen LogP contribution < -0.4 is 5.32 Å². The molecule has 0 radical (unpaired) electrons. The Morgan fingerprint density at radius 3 is 2.42 bits per heavy atom. The lowest BCUT2D eigenvalue weighted by atomic mass is 9.97. The molecular weight excluding hydrogens is 340 g/mol. The number of piperazine rings is 1. The van der Waals surface area contributed by atoms with Gasteiger partial charge in [0.1, 0.15) is 0 Å². The Kier molecular flexibility index (Phi) is 5.22. The highest BCUT2D eigenvalue weighted by Crippen LogP contribution is 2.28. The zero-order valence-electron chi connectivity index (χ0n) is 14.6. The van der Waals surface area contributed by atoms with Crippen molar-refractivity contribution in [1.82, 2.24) is 10.2 Å². The van der Waals surface area contributed by atoms with Crippen molar-refractivity contribution < 1.29 is 0 Å². The number of hydrogen-bond donors (Lipinski definition) is 1. The van der Waals surface area contributed by atoms with Gasteiger partial charge >= 0.3 is 0 Å². The van der Waals surface area contributed by atoms with Gasteiger partial charge in [-0.2, -0.15) is 0 Å². The Balaban J connectivity index is 1.77. The summed E-state index contributed by atoms with van der Waals surface area (Å²) < 4.78 is 0. The molecule has 0 aromatic heterocycles. The molecule has 0 amide bonds. The van der Waals surface area contributed by atoms with E-state index in [1.807, 2.05) is 24.3 Å². The SMILES string of the molecule is Clc1ccc(C#CC(c2cccc3ccccc23)N2CCNCC2)cc1. The molecule has 3 aromatic rings. The third kappa shape index (κ3) is 3.76. The third-order valence-corrected chi connectivity index (χ3v) is 5.08. The molecule has 1 atom stereocenters. The molecule has 2 nitrogen and oxygen atoms in total. The minimum absolute atomic E-state index is 0.0823. The topological polar surface area (TPSA) is 15.3 Å². The van der Waals surface area contributed by atoms with Crippen LogP contribution in [0.25, 0.3) is 10.8 Å². The van der Waals surface area contributed by atoms with Gasteiger partial charge in [-0.05, 0) is 40.6 Å². The van der Waals surface area contributed by atoms with Gasteiger partial charge in [0.05, 0.1) is 6.04 Å². The molecule has 0 bridgehead atoms. The van der Waals surface area contributed by atoms with E-state index in [9.17, 15) is 0 Å². The molecule has 3 heteroatoms. The van der Waals surface area contributed by atoms with E-state index in [4.69, 9.17) is 11.6 Å². The standard InChI is InChI=1S/C23H21ClN2/c24-20-11-8-18(9-12-20)10-13-23(26-16-14-25-15-17-26)22-7-3-5-19-4-1-2-6-21(19)22/h1-9,11-12,23,25H,14-17H2. The van der Waals surface area contributed by atoms with E-state index < -0.39 is 0 Å². The average molecular weight is 361 g/mol. The Bertz CT molecular complexity index is 942. The lowest BCUT2D eigenvalue weighted by Crippen LogP contribution is -2.44. The van der Waals surface area contributed by atoms with Crippen LogP contribution >= 0.6 is 11.6 Å². The molecule has 1 heterocycles. The van der Waals surface area contributed by atoms with Crippen LogP contribution in [0.5, 0.6) is 0 Å². The van der Waals surface area contributed by atoms with Gasteiger partial charge in [-0.3, -0.25) is 4.90 Å². The Labute approximate surface area is 159 Å². The van der Waals surface area contributed by atoms with E-state index in [0.29, 0.717) is 0 Å². The predicted octanol–water partition coefficient (Wildman–Crippen LogP) is 4.49. The number of nitrogens with one attached hydrogen (secondary N) is 1. The van der Waals surface area contributed by atoms with Crippen LogP contribution in [-0.4, -0.2) is 31.1 Å². The monoisotopic (exact) mass is 360 g/mol. The summed E-state index contributed by atoms with van der Waals surface area (Å²) in [4.78, 5) is 2.47. The van der Waals surface area contributed by atoms with Crippen molar-refractivity contribution >= 4 is 22.4 Å². The lowest BCUT2D eigenvalue weighted by molar-refractivity contribution is 0.210. The quantitative estimate of drug-likeness (QED) is 0.677. The van der Waals surface area contributed by atoms with Crippen LogP contribution in [0.15, 0.2) is 66.7 Å². The molecule has 4 rings (SSSR count). The third-order valence-electron chi connectivity index (χ3n) is 4.83. The fraction of sp³-hybridized carbons (Fsp3) is 0.217. The van der Waals surface area contributed by atoms with Gasteiger partial charge in [0.15, 0.2) is 0 Å². The summed E-state index contributed by atoms with van der Waals surface area (Å²) in [6, 6.07) is 22.9. The largest absolute Gasteiger partial charge is 0.314 e. The molecule has 0 spiro atoms. The highest BCUT2D eigenvalue weighted by atomic mass is 35.5. The first kappa shape index (κ1) is 17.1. The normalized spacial score (nSPS) is 16.0. The number of hydrogen-bond acceptors (Lipinski definition) is 2. The van der Waals surface area contributed by atoms with E-state index in [1.54, 1.807) is 0 Å². The maximum atomic E-state index is 5.99. The van der Waals surface area contributed by atoms with Crippen molar-refractivity contribution in [3.63, 3.8) is 0 Å². The van der Waals surface area contributed by atoms with Crippen molar-refractivity contribution in [2.24, 2.45) is 0 Å². The maximum Gasteiger partial charge on any atom is 0.0981 e. The highest BCUT2D eigenvalue weighted by molar-refractivity contribution is 6.30. The maximum absolute atomic E-state index is 5.99. The van der Waals surface area contributed by atoms with E-state index in [-0.39, 0.29) is 6.04 Å². The van der Waals surface area contributed by atoms with Gasteiger partial charge in [0.25, 0.3) is 0 Å². The van der Waals surface area contributed by atoms with E-state index in [0.717, 1.165) is 36.8 Å². The highest BCUT2D eigenvalue weighted by Gasteiger charge is 2.21. The number of rotatable bonds is 2. The molecule has 1 saturated heterocycles. The summed E-state index contributed by atoms with van der Waals surface area (Å²) in [6.45, 7) is 4.01. The molecular formula is C23H21ClN2. The molecule has 130 valence electrons. The smallest absolute Gasteiger partial charge is 0.0981 e. The van der Waals surface area contributed by atoms with Crippen molar-refractivity contribution in [3.05, 3.63) is 82.9 Å². The number of benzene rings is 3. The summed E-state index contributed by atoms with van der Waals surface area (Å²) in [6.07, 6.45) is 0. The molecule has 1 N–H and O–H groups in total. The second-order valence-corrected chi connectivity index (χ2v) is 6.97. The minimum atomic E-state index is 0.0823. The van der Waals surface area contributed by atoms with Gasteiger partial charge in [-0.1, -0.05) is 65.9 Å². The van der Waals surface area contributed by atoms with Crippen molar-refractivity contribution in [2.45, 2.75) is 6.04 Å². The zero-order valence-corrected chi connectivity index (χ0v) is 15.3. The molecule has 1 aliphatic heterocycles. The van der Waals surface area contributed by atoms with Gasteiger partial charge in [-0.25, -0.2) is 0 Å². The summed E-state index contributed by atoms with van der Waals surface area (Å²) in [7, 11) is 0. The first-order chi connectivity index (χ1) is 12.8. The molecule has 0 saturated carbocycles. The van der Waals surface area contributed by atoms with Crippen molar-refractivity contribution in [3.8, 4) is 11.8 Å². The van der Waals surface area contributed by atoms with E-state index >= 15 is 0 Å². The van der Waals surface area contributed by atoms with Gasteiger partial charge in [-0.15, -0.1) is 0 Å². The minimum Gasteiger partial charge on any atom is -0.314 e. The van der Waals surface area contributed by atoms with Crippen molar-refractivity contribution in [1.29, 1.82) is 0 Å². The number of halogens is 1. The van der Waals surface area contributed by atoms with Crippen molar-refractivity contribution in [2.75, 3.05) is 26.2 Å². The fourth-order valence-electron chi connectivity index (χ4n) is 3.48. The Hall–Kier alpha value is -2.31. The average Bonchev–Trinajstić information content (AvgIpc) is 2.70. The second-order valence-electron chi connectivity index (χ2n) is 6.53. The molecule has 0 aliphatic carbocycles. The molecule has 1 unspecified atom stereocenters. The fourth-order valence-corrected chi connectivity index (χ4v) is 3.61. The van der Waals surface area contributed by atoms with Gasteiger partial charge in [0.2, 0.25) is 0 Å². The van der Waals surface area contributed by atoms with Gasteiger partial charge in [0, 0.05) is 36.8 Å². The Morgan fingerprint density at radius 1 is 0.885 bits per heavy atom. The summed E-state index contributed by atoms with van der Waals surface area (Å²) in [5.74, 6) is 6.90. The van der Waals surface area contributed by atoms with Crippen LogP contribution in [-0.2, 0) is 0 Å². The zero-order chi connectivity index (χ0) is 17.8. The number of nitrogens with zero attached hydrogens (tertiary/aromatic N) is 1. The lowest BCUT2D eigenvalue weighted by Gasteiger charge is -2.32. The molecule has 1 fully saturated rings. The van der Waals surface area contributed by atoms with Gasteiger partial charge < -0.3 is 5.32 Å². The number of fused-ring (bicyclic) bond motifs is 1. The van der Waals surface area contributed by atoms with Crippen LogP contribution in [0.4, 0.5) is 0 Å². The van der Waals surface area contributed by atoms with Crippen LogP contribution in [0.2, 0.25) is 5.02 Å². The first-order valence-corrected chi connectivity index (χ1v) is 9.38. The van der Waals surface area contributed by atoms with Crippen LogP contribution in [0.1, 0.15) is 17.2 Å². The summed E-state index contributed by atoms with van der Waals surface area (Å²) in [5.41, 5.74) is 2.28. The van der Waals surface area contributed by atoms with E-state index in [1.165, 1.54) is 16.3 Å². The van der Waals surface area contributed by atoms with Crippen LogP contribution in [0, 0.1) is 11.8 Å². The Morgan fingerprint density at radius 2 is 1.62 bits per heavy atom. The first-order valence-electron chi connectivity index (χ1n) is 9.01. The summed E-state index contributed by atoms with van der Waals surface area (Å²) >= 11 is 5.99. The molecule has 3 aromatic carbocycles. The molecule has 26 heavy (non-hydrogen) atoms. The molecule has 1 aliphatic rings. The van der Waals surface area contributed by atoms with E-state index in [2.05, 4.69) is 64.5 Å². The second kappa shape index (κ2) is 7.93. The summed E-state index contributed by atoms with van der Waals surface area (Å²) in [5, 5.41) is 6.72. The van der Waals surface area contributed by atoms with Crippen LogP contribution in [0.3, 0.4) is 0 Å².